The average Bonchev–Trinajstić information content (AvgIpc) is 2.63. The van der Waals surface area contributed by atoms with Crippen LogP contribution in [-0.4, -0.2) is 56.8 Å². The van der Waals surface area contributed by atoms with Crippen LogP contribution in [0.4, 0.5) is 0 Å². The van der Waals surface area contributed by atoms with E-state index in [9.17, 15) is 18.3 Å². The van der Waals surface area contributed by atoms with E-state index in [2.05, 4.69) is 10.1 Å². The van der Waals surface area contributed by atoms with Crippen LogP contribution in [0.1, 0.15) is 19.3 Å². The number of ether oxygens (including phenoxy) is 1. The van der Waals surface area contributed by atoms with Crippen molar-refractivity contribution in [2.45, 2.75) is 31.4 Å². The molecule has 0 aromatic carbocycles. The van der Waals surface area contributed by atoms with Gasteiger partial charge in [0.05, 0.1) is 24.7 Å². The fraction of sp³-hybridized carbons (Fsp3) is 0.900. The van der Waals surface area contributed by atoms with E-state index in [1.165, 1.54) is 7.11 Å². The molecule has 0 aliphatic carbocycles. The van der Waals surface area contributed by atoms with Crippen molar-refractivity contribution in [1.82, 2.24) is 5.32 Å². The lowest BCUT2D eigenvalue weighted by Gasteiger charge is -2.14. The van der Waals surface area contributed by atoms with Crippen molar-refractivity contribution in [3.05, 3.63) is 0 Å². The second-order valence-electron chi connectivity index (χ2n) is 4.28. The van der Waals surface area contributed by atoms with Crippen molar-refractivity contribution in [1.29, 1.82) is 0 Å². The Kier molecular flexibility index (Phi) is 5.35. The van der Waals surface area contributed by atoms with Gasteiger partial charge in [-0.05, 0) is 12.8 Å². The van der Waals surface area contributed by atoms with E-state index >= 15 is 0 Å². The van der Waals surface area contributed by atoms with Crippen LogP contribution < -0.4 is 5.32 Å². The van der Waals surface area contributed by atoms with Crippen molar-refractivity contribution in [2.24, 2.45) is 0 Å². The van der Waals surface area contributed by atoms with Gasteiger partial charge in [0.2, 0.25) is 0 Å². The van der Waals surface area contributed by atoms with Crippen molar-refractivity contribution in [3.63, 3.8) is 0 Å². The van der Waals surface area contributed by atoms with Gasteiger partial charge in [-0.3, -0.25) is 4.79 Å². The second-order valence-corrected chi connectivity index (χ2v) is 6.51. The second kappa shape index (κ2) is 6.32. The molecule has 100 valence electrons. The maximum atomic E-state index is 11.2. The van der Waals surface area contributed by atoms with Crippen LogP contribution in [0.2, 0.25) is 0 Å². The first-order valence-electron chi connectivity index (χ1n) is 5.61. The molecule has 0 aromatic heterocycles. The summed E-state index contributed by atoms with van der Waals surface area (Å²) in [5.74, 6) is -0.00730. The van der Waals surface area contributed by atoms with Crippen LogP contribution in [0.25, 0.3) is 0 Å². The smallest absolute Gasteiger partial charge is 0.305 e. The number of nitrogens with one attached hydrogen (secondary N) is 1. The van der Waals surface area contributed by atoms with Crippen molar-refractivity contribution in [3.8, 4) is 0 Å². The van der Waals surface area contributed by atoms with E-state index in [0.29, 0.717) is 19.4 Å². The zero-order chi connectivity index (χ0) is 12.9. The number of hydrogen-bond donors (Lipinski definition) is 2. The van der Waals surface area contributed by atoms with Gasteiger partial charge in [-0.25, -0.2) is 8.42 Å². The molecule has 0 aromatic rings. The summed E-state index contributed by atoms with van der Waals surface area (Å²) in [5, 5.41) is 12.6. The summed E-state index contributed by atoms with van der Waals surface area (Å²) < 4.78 is 26.8. The van der Waals surface area contributed by atoms with Gasteiger partial charge in [-0.15, -0.1) is 0 Å². The standard InChI is InChI=1S/C10H19NO5S/c1-16-10(13)3-2-9(12)6-11-8-4-5-17(14,15)7-8/h8-9,11-12H,2-7H2,1H3. The normalized spacial score (nSPS) is 24.5. The molecule has 2 N–H and O–H groups in total. The molecule has 1 fully saturated rings. The van der Waals surface area contributed by atoms with Gasteiger partial charge in [0.1, 0.15) is 0 Å². The summed E-state index contributed by atoms with van der Waals surface area (Å²) in [6.45, 7) is 0.303. The number of rotatable bonds is 6. The summed E-state index contributed by atoms with van der Waals surface area (Å²) in [7, 11) is -1.59. The molecule has 2 atom stereocenters. The highest BCUT2D eigenvalue weighted by Gasteiger charge is 2.27. The summed E-state index contributed by atoms with van der Waals surface area (Å²) >= 11 is 0. The number of aliphatic hydroxyl groups excluding tert-OH is 1. The molecule has 2 unspecified atom stereocenters. The Morgan fingerprint density at radius 3 is 2.82 bits per heavy atom. The molecule has 1 aliphatic heterocycles. The molecule has 17 heavy (non-hydrogen) atoms. The summed E-state index contributed by atoms with van der Waals surface area (Å²) in [5.41, 5.74) is 0. The molecule has 0 bridgehead atoms. The molecule has 1 rings (SSSR count). The highest BCUT2D eigenvalue weighted by atomic mass is 32.2. The van der Waals surface area contributed by atoms with Crippen LogP contribution in [0, 0.1) is 0 Å². The molecule has 0 saturated carbocycles. The monoisotopic (exact) mass is 265 g/mol. The number of methoxy groups -OCH3 is 1. The first kappa shape index (κ1) is 14.4. The zero-order valence-electron chi connectivity index (χ0n) is 9.89. The molecule has 6 nitrogen and oxygen atoms in total. The van der Waals surface area contributed by atoms with E-state index in [1.807, 2.05) is 0 Å². The Bertz CT molecular complexity index is 354. The Morgan fingerprint density at radius 1 is 1.59 bits per heavy atom. The summed E-state index contributed by atoms with van der Waals surface area (Å²) in [6, 6.07) is -0.0761. The molecule has 0 radical (unpaired) electrons. The van der Waals surface area contributed by atoms with Crippen LogP contribution in [0.15, 0.2) is 0 Å². The van der Waals surface area contributed by atoms with E-state index in [4.69, 9.17) is 0 Å². The van der Waals surface area contributed by atoms with Crippen LogP contribution in [0.5, 0.6) is 0 Å². The molecule has 1 saturated heterocycles. The average molecular weight is 265 g/mol. The maximum absolute atomic E-state index is 11.2. The minimum atomic E-state index is -2.89. The topological polar surface area (TPSA) is 92.7 Å². The van der Waals surface area contributed by atoms with Gasteiger partial charge in [0.25, 0.3) is 0 Å². The highest BCUT2D eigenvalue weighted by Crippen LogP contribution is 2.11. The number of sulfone groups is 1. The van der Waals surface area contributed by atoms with Crippen molar-refractivity contribution >= 4 is 15.8 Å². The third kappa shape index (κ3) is 5.47. The van der Waals surface area contributed by atoms with Crippen LogP contribution in [-0.2, 0) is 19.4 Å². The van der Waals surface area contributed by atoms with E-state index < -0.39 is 15.9 Å². The van der Waals surface area contributed by atoms with E-state index in [0.717, 1.165) is 0 Å². The highest BCUT2D eigenvalue weighted by molar-refractivity contribution is 7.91. The Hall–Kier alpha value is -0.660. The molecular weight excluding hydrogens is 246 g/mol. The van der Waals surface area contributed by atoms with Gasteiger partial charge in [0, 0.05) is 19.0 Å². The minimum Gasteiger partial charge on any atom is -0.469 e. The fourth-order valence-corrected chi connectivity index (χ4v) is 3.46. The molecular formula is C10H19NO5S. The third-order valence-corrected chi connectivity index (χ3v) is 4.55. The number of carbonyl (C=O) groups is 1. The van der Waals surface area contributed by atoms with Crippen molar-refractivity contribution in [2.75, 3.05) is 25.2 Å². The molecule has 1 aliphatic rings. The Morgan fingerprint density at radius 2 is 2.29 bits per heavy atom. The third-order valence-electron chi connectivity index (χ3n) is 2.78. The molecule has 1 heterocycles. The maximum Gasteiger partial charge on any atom is 0.305 e. The quantitative estimate of drug-likeness (QED) is 0.603. The predicted molar refractivity (Wildman–Crippen MR) is 62.3 cm³/mol. The van der Waals surface area contributed by atoms with Gasteiger partial charge in [-0.2, -0.15) is 0 Å². The predicted octanol–water partition coefficient (Wildman–Crippen LogP) is -0.923. The summed E-state index contributed by atoms with van der Waals surface area (Å²) in [4.78, 5) is 10.8. The first-order valence-corrected chi connectivity index (χ1v) is 7.44. The first-order chi connectivity index (χ1) is 7.93. The molecule has 0 spiro atoms. The summed E-state index contributed by atoms with van der Waals surface area (Å²) in [6.07, 6.45) is 0.422. The largest absolute Gasteiger partial charge is 0.469 e. The Balaban J connectivity index is 2.16. The zero-order valence-corrected chi connectivity index (χ0v) is 10.7. The lowest BCUT2D eigenvalue weighted by atomic mass is 10.2. The van der Waals surface area contributed by atoms with E-state index in [1.54, 1.807) is 0 Å². The SMILES string of the molecule is COC(=O)CCC(O)CNC1CCS(=O)(=O)C1. The number of aliphatic hydroxyl groups is 1. The van der Waals surface area contributed by atoms with Gasteiger partial charge in [0.15, 0.2) is 9.84 Å². The van der Waals surface area contributed by atoms with Gasteiger partial charge < -0.3 is 15.2 Å². The Labute approximate surface area is 101 Å². The van der Waals surface area contributed by atoms with E-state index in [-0.39, 0.29) is 29.9 Å². The lowest BCUT2D eigenvalue weighted by molar-refractivity contribution is -0.141. The fourth-order valence-electron chi connectivity index (χ4n) is 1.75. The number of carbonyl (C=O) groups excluding carboxylic acids is 1. The minimum absolute atomic E-state index is 0.0761. The van der Waals surface area contributed by atoms with Gasteiger partial charge >= 0.3 is 5.97 Å². The van der Waals surface area contributed by atoms with Crippen molar-refractivity contribution < 1.29 is 23.1 Å². The molecule has 7 heteroatoms. The lowest BCUT2D eigenvalue weighted by Crippen LogP contribution is -2.36. The molecule has 0 amide bonds. The number of esters is 1. The van der Waals surface area contributed by atoms with Gasteiger partial charge in [-0.1, -0.05) is 0 Å². The number of hydrogen-bond acceptors (Lipinski definition) is 6. The van der Waals surface area contributed by atoms with Crippen LogP contribution in [0.3, 0.4) is 0 Å². The van der Waals surface area contributed by atoms with Crippen LogP contribution >= 0.6 is 0 Å².